The monoisotopic (exact) mass is 491 g/mol. The van der Waals surface area contributed by atoms with Gasteiger partial charge in [0.1, 0.15) is 6.33 Å². The first-order chi connectivity index (χ1) is 17.6. The number of carbonyl (C=O) groups is 2. The summed E-state index contributed by atoms with van der Waals surface area (Å²) in [4.78, 5) is 46.7. The van der Waals surface area contributed by atoms with Crippen molar-refractivity contribution in [2.45, 2.75) is 19.8 Å². The van der Waals surface area contributed by atoms with E-state index in [9.17, 15) is 9.59 Å². The Balaban J connectivity index is 1.29. The van der Waals surface area contributed by atoms with Crippen LogP contribution in [0.2, 0.25) is 0 Å². The van der Waals surface area contributed by atoms with Gasteiger partial charge in [0.15, 0.2) is 17.0 Å². The third kappa shape index (κ3) is 5.20. The van der Waals surface area contributed by atoms with E-state index < -0.39 is 0 Å². The van der Waals surface area contributed by atoms with Gasteiger partial charge in [-0.25, -0.2) is 24.7 Å². The molecule has 0 radical (unpaired) electrons. The molecule has 2 saturated heterocycles. The highest BCUT2D eigenvalue weighted by molar-refractivity contribution is 5.90. The molecule has 36 heavy (non-hydrogen) atoms. The highest BCUT2D eigenvalue weighted by Crippen LogP contribution is 2.26. The van der Waals surface area contributed by atoms with E-state index in [1.807, 2.05) is 24.3 Å². The number of ether oxygens (including phenoxy) is 2. The third-order valence-electron chi connectivity index (χ3n) is 6.40. The number of nitrogens with zero attached hydrogens (tertiary/aromatic N) is 6. The zero-order valence-corrected chi connectivity index (χ0v) is 20.2. The fourth-order valence-corrected chi connectivity index (χ4v) is 4.51. The molecule has 1 unspecified atom stereocenters. The van der Waals surface area contributed by atoms with Crippen molar-refractivity contribution >= 4 is 34.7 Å². The van der Waals surface area contributed by atoms with Crippen LogP contribution in [0.15, 0.2) is 36.8 Å². The Hall–Kier alpha value is -3.86. The maximum atomic E-state index is 12.8. The number of aromatic nitrogens is 4. The fourth-order valence-electron chi connectivity index (χ4n) is 4.51. The maximum Gasteiger partial charge on any atom is 0.321 e. The average Bonchev–Trinajstić information content (AvgIpc) is 2.93. The zero-order valence-electron chi connectivity index (χ0n) is 20.2. The molecule has 2 aliphatic heterocycles. The topological polar surface area (TPSA) is 123 Å². The van der Waals surface area contributed by atoms with E-state index in [1.165, 1.54) is 6.33 Å². The van der Waals surface area contributed by atoms with Crippen molar-refractivity contribution in [2.75, 3.05) is 56.2 Å². The molecule has 3 aromatic rings. The summed E-state index contributed by atoms with van der Waals surface area (Å²) in [6, 6.07) is 7.21. The van der Waals surface area contributed by atoms with Crippen molar-refractivity contribution in [3.8, 4) is 11.3 Å². The second-order valence-electron chi connectivity index (χ2n) is 8.77. The van der Waals surface area contributed by atoms with Gasteiger partial charge < -0.3 is 24.6 Å². The fraction of sp³-hybridized carbons (Fsp3) is 0.440. The second kappa shape index (κ2) is 10.8. The molecule has 1 N–H and O–H groups in total. The highest BCUT2D eigenvalue weighted by Gasteiger charge is 2.29. The molecule has 4 heterocycles. The van der Waals surface area contributed by atoms with E-state index >= 15 is 0 Å². The largest absolute Gasteiger partial charge is 0.466 e. The summed E-state index contributed by atoms with van der Waals surface area (Å²) in [5.41, 5.74) is 3.41. The molecule has 11 heteroatoms. The number of morpholine rings is 1. The van der Waals surface area contributed by atoms with Gasteiger partial charge in [-0.15, -0.1) is 0 Å². The smallest absolute Gasteiger partial charge is 0.321 e. The van der Waals surface area contributed by atoms with E-state index in [0.717, 1.165) is 37.3 Å². The van der Waals surface area contributed by atoms with Gasteiger partial charge in [0.25, 0.3) is 0 Å². The van der Waals surface area contributed by atoms with Crippen LogP contribution in [0.3, 0.4) is 0 Å². The summed E-state index contributed by atoms with van der Waals surface area (Å²) in [5.74, 6) is 0.242. The number of benzene rings is 1. The number of hydrogen-bond donors (Lipinski definition) is 1. The number of fused-ring (bicyclic) bond motifs is 1. The molecule has 1 atom stereocenters. The van der Waals surface area contributed by atoms with Crippen LogP contribution in [0.25, 0.3) is 22.4 Å². The molecule has 11 nitrogen and oxygen atoms in total. The van der Waals surface area contributed by atoms with Gasteiger partial charge in [-0.2, -0.15) is 0 Å². The molecule has 1 aromatic carbocycles. The third-order valence-corrected chi connectivity index (χ3v) is 6.40. The van der Waals surface area contributed by atoms with Crippen LogP contribution in [0.1, 0.15) is 19.8 Å². The first kappa shape index (κ1) is 23.9. The van der Waals surface area contributed by atoms with Gasteiger partial charge in [0.2, 0.25) is 0 Å². The van der Waals surface area contributed by atoms with Gasteiger partial charge in [0.05, 0.1) is 37.6 Å². The van der Waals surface area contributed by atoms with Crippen molar-refractivity contribution in [2.24, 2.45) is 5.92 Å². The Morgan fingerprint density at radius 1 is 1.11 bits per heavy atom. The minimum absolute atomic E-state index is 0.227. The van der Waals surface area contributed by atoms with Gasteiger partial charge in [-0.1, -0.05) is 12.1 Å². The van der Waals surface area contributed by atoms with Crippen LogP contribution < -0.4 is 10.2 Å². The number of nitrogens with one attached hydrogen (secondary N) is 1. The minimum Gasteiger partial charge on any atom is -0.466 e. The Morgan fingerprint density at radius 3 is 2.69 bits per heavy atom. The molecule has 2 amide bonds. The highest BCUT2D eigenvalue weighted by atomic mass is 16.5. The van der Waals surface area contributed by atoms with Crippen LogP contribution in [0.4, 0.5) is 16.3 Å². The Labute approximate surface area is 208 Å². The van der Waals surface area contributed by atoms with Crippen molar-refractivity contribution in [3.05, 3.63) is 36.8 Å². The molecule has 0 bridgehead atoms. The van der Waals surface area contributed by atoms with E-state index in [2.05, 4.69) is 25.2 Å². The zero-order chi connectivity index (χ0) is 24.9. The molecule has 188 valence electrons. The second-order valence-corrected chi connectivity index (χ2v) is 8.77. The number of anilines is 2. The lowest BCUT2D eigenvalue weighted by atomic mass is 9.98. The van der Waals surface area contributed by atoms with E-state index in [-0.39, 0.29) is 17.9 Å². The standard InChI is InChI=1S/C25H29N7O4/c1-2-36-24(33)18-4-3-9-32(15-18)25(34)29-19-7-5-17(6-8-19)20-14-26-22-21(30-20)23(28-16-27-22)31-10-12-35-13-11-31/h5-8,14,16,18H,2-4,9-13,15H2,1H3,(H,29,34). The Kier molecular flexibility index (Phi) is 7.17. The number of carbonyl (C=O) groups excluding carboxylic acids is 2. The lowest BCUT2D eigenvalue weighted by molar-refractivity contribution is -0.149. The van der Waals surface area contributed by atoms with Crippen LogP contribution in [0.5, 0.6) is 0 Å². The molecule has 0 aliphatic carbocycles. The predicted octanol–water partition coefficient (Wildman–Crippen LogP) is 2.73. The summed E-state index contributed by atoms with van der Waals surface area (Å²) >= 11 is 0. The summed E-state index contributed by atoms with van der Waals surface area (Å²) in [7, 11) is 0. The van der Waals surface area contributed by atoms with Crippen LogP contribution >= 0.6 is 0 Å². The first-order valence-electron chi connectivity index (χ1n) is 12.3. The summed E-state index contributed by atoms with van der Waals surface area (Å²) in [6.07, 6.45) is 4.71. The van der Waals surface area contributed by atoms with E-state index in [4.69, 9.17) is 14.5 Å². The lowest BCUT2D eigenvalue weighted by Gasteiger charge is -2.31. The number of esters is 1. The average molecular weight is 492 g/mol. The Bertz CT molecular complexity index is 1230. The number of hydrogen-bond acceptors (Lipinski definition) is 9. The van der Waals surface area contributed by atoms with Gasteiger partial charge in [0, 0.05) is 37.4 Å². The summed E-state index contributed by atoms with van der Waals surface area (Å²) in [6.45, 7) is 5.88. The van der Waals surface area contributed by atoms with Gasteiger partial charge in [-0.05, 0) is 31.9 Å². The van der Waals surface area contributed by atoms with Crippen LogP contribution in [0, 0.1) is 5.92 Å². The number of rotatable bonds is 5. The minimum atomic E-state index is -0.273. The SMILES string of the molecule is CCOC(=O)C1CCCN(C(=O)Nc2ccc(-c3cnc4ncnc(N5CCOCC5)c4n3)cc2)C1. The lowest BCUT2D eigenvalue weighted by Crippen LogP contribution is -2.44. The molecule has 2 fully saturated rings. The molecule has 2 aromatic heterocycles. The summed E-state index contributed by atoms with van der Waals surface area (Å²) in [5, 5.41) is 2.92. The van der Waals surface area contributed by atoms with Crippen molar-refractivity contribution < 1.29 is 19.1 Å². The molecular formula is C25H29N7O4. The molecular weight excluding hydrogens is 462 g/mol. The van der Waals surface area contributed by atoms with E-state index in [0.29, 0.717) is 55.5 Å². The summed E-state index contributed by atoms with van der Waals surface area (Å²) < 4.78 is 10.6. The predicted molar refractivity (Wildman–Crippen MR) is 134 cm³/mol. The Morgan fingerprint density at radius 2 is 1.92 bits per heavy atom. The normalized spacial score (nSPS) is 18.2. The number of amides is 2. The first-order valence-corrected chi connectivity index (χ1v) is 12.3. The molecule has 0 spiro atoms. The van der Waals surface area contributed by atoms with Crippen molar-refractivity contribution in [1.29, 1.82) is 0 Å². The quantitative estimate of drug-likeness (QED) is 0.537. The molecule has 0 saturated carbocycles. The van der Waals surface area contributed by atoms with Crippen LogP contribution in [-0.2, 0) is 14.3 Å². The maximum absolute atomic E-state index is 12.8. The van der Waals surface area contributed by atoms with Crippen molar-refractivity contribution in [1.82, 2.24) is 24.8 Å². The number of piperidine rings is 1. The van der Waals surface area contributed by atoms with E-state index in [1.54, 1.807) is 18.0 Å². The molecule has 2 aliphatic rings. The number of urea groups is 1. The van der Waals surface area contributed by atoms with Gasteiger partial charge >= 0.3 is 12.0 Å². The molecule has 5 rings (SSSR count). The van der Waals surface area contributed by atoms with Crippen molar-refractivity contribution in [3.63, 3.8) is 0 Å². The number of likely N-dealkylation sites (tertiary alicyclic amines) is 1. The van der Waals surface area contributed by atoms with Gasteiger partial charge in [-0.3, -0.25) is 4.79 Å². The van der Waals surface area contributed by atoms with Crippen LogP contribution in [-0.4, -0.2) is 82.8 Å².